The van der Waals surface area contributed by atoms with Crippen LogP contribution in [0, 0.1) is 0 Å². The molecule has 0 unspecified atom stereocenters. The number of carbonyl (C=O) groups is 2. The summed E-state index contributed by atoms with van der Waals surface area (Å²) in [6, 6.07) is 12.0. The van der Waals surface area contributed by atoms with Gasteiger partial charge < -0.3 is 15.2 Å². The van der Waals surface area contributed by atoms with E-state index >= 15 is 0 Å². The Hall–Kier alpha value is -2.65. The summed E-state index contributed by atoms with van der Waals surface area (Å²) < 4.78 is 1.87. The Morgan fingerprint density at radius 2 is 2.07 bits per heavy atom. The Labute approximate surface area is 176 Å². The van der Waals surface area contributed by atoms with Crippen LogP contribution >= 0.6 is 23.1 Å². The number of para-hydroxylation sites is 1. The van der Waals surface area contributed by atoms with Crippen LogP contribution in [0.15, 0.2) is 46.9 Å². The van der Waals surface area contributed by atoms with E-state index in [2.05, 4.69) is 23.2 Å². The Morgan fingerprint density at radius 1 is 1.24 bits per heavy atom. The zero-order valence-corrected chi connectivity index (χ0v) is 17.6. The van der Waals surface area contributed by atoms with Gasteiger partial charge in [0.15, 0.2) is 11.0 Å². The molecular formula is C20H21N5O2S2. The number of anilines is 1. The molecule has 0 saturated carbocycles. The molecule has 1 aromatic carbocycles. The lowest BCUT2D eigenvalue weighted by Crippen LogP contribution is -2.37. The zero-order chi connectivity index (χ0) is 20.4. The normalized spacial score (nSPS) is 15.5. The molecule has 3 heterocycles. The number of fused-ring (bicyclic) bond motifs is 1. The summed E-state index contributed by atoms with van der Waals surface area (Å²) in [5, 5.41) is 11.1. The van der Waals surface area contributed by atoms with Crippen molar-refractivity contribution in [3.8, 4) is 10.7 Å². The van der Waals surface area contributed by atoms with Crippen molar-refractivity contribution in [1.29, 1.82) is 0 Å². The number of rotatable bonds is 7. The molecule has 0 fully saturated rings. The fourth-order valence-corrected chi connectivity index (χ4v) is 5.09. The number of hydrogen-bond donors (Lipinski definition) is 1. The van der Waals surface area contributed by atoms with Crippen molar-refractivity contribution in [3.63, 3.8) is 0 Å². The summed E-state index contributed by atoms with van der Waals surface area (Å²) in [7, 11) is 0. The maximum Gasteiger partial charge on any atom is 0.237 e. The van der Waals surface area contributed by atoms with Crippen LogP contribution in [0.2, 0.25) is 0 Å². The molecule has 0 saturated heterocycles. The van der Waals surface area contributed by atoms with Crippen LogP contribution in [0.3, 0.4) is 0 Å². The van der Waals surface area contributed by atoms with Crippen molar-refractivity contribution in [2.24, 2.45) is 5.73 Å². The molecule has 1 aliphatic heterocycles. The van der Waals surface area contributed by atoms with Crippen LogP contribution in [-0.2, 0) is 22.6 Å². The Balaban J connectivity index is 1.52. The molecule has 7 nitrogen and oxygen atoms in total. The number of primary amides is 1. The highest BCUT2D eigenvalue weighted by Gasteiger charge is 2.30. The van der Waals surface area contributed by atoms with Crippen LogP contribution in [0.5, 0.6) is 0 Å². The molecule has 9 heteroatoms. The van der Waals surface area contributed by atoms with Gasteiger partial charge >= 0.3 is 0 Å². The number of carbonyl (C=O) groups excluding carboxylic acids is 2. The van der Waals surface area contributed by atoms with Gasteiger partial charge in [0, 0.05) is 24.7 Å². The first-order valence-electron chi connectivity index (χ1n) is 9.32. The molecule has 4 rings (SSSR count). The summed E-state index contributed by atoms with van der Waals surface area (Å²) in [5.41, 5.74) is 7.52. The molecule has 29 heavy (non-hydrogen) atoms. The van der Waals surface area contributed by atoms with Gasteiger partial charge in [-0.2, -0.15) is 0 Å². The summed E-state index contributed by atoms with van der Waals surface area (Å²) >= 11 is 2.89. The highest BCUT2D eigenvalue weighted by molar-refractivity contribution is 7.99. The van der Waals surface area contributed by atoms with Gasteiger partial charge in [0.25, 0.3) is 0 Å². The van der Waals surface area contributed by atoms with Crippen LogP contribution in [0.1, 0.15) is 18.9 Å². The van der Waals surface area contributed by atoms with E-state index in [0.717, 1.165) is 17.0 Å². The van der Waals surface area contributed by atoms with E-state index < -0.39 is 0 Å². The van der Waals surface area contributed by atoms with Gasteiger partial charge in [-0.25, -0.2) is 0 Å². The minimum Gasteiger partial charge on any atom is -0.370 e. The minimum absolute atomic E-state index is 0.0366. The van der Waals surface area contributed by atoms with E-state index in [4.69, 9.17) is 5.73 Å². The number of amides is 2. The maximum absolute atomic E-state index is 13.0. The topological polar surface area (TPSA) is 94.1 Å². The smallest absolute Gasteiger partial charge is 0.237 e. The molecular weight excluding hydrogens is 406 g/mol. The molecule has 0 spiro atoms. The first kappa shape index (κ1) is 19.7. The summed E-state index contributed by atoms with van der Waals surface area (Å²) in [5.74, 6) is 0.591. The van der Waals surface area contributed by atoms with Gasteiger partial charge in [-0.3, -0.25) is 9.59 Å². The van der Waals surface area contributed by atoms with Crippen LogP contribution in [0.25, 0.3) is 10.7 Å². The second kappa shape index (κ2) is 8.38. The standard InChI is InChI=1S/C20H21N5O2S2/c1-13-11-14-5-2-3-6-15(14)25(13)18(27)12-29-20-23-22-19(16-7-4-10-28-16)24(20)9-8-17(21)26/h2-7,10,13H,8-9,11-12H2,1H3,(H2,21,26)/t13-/m0/s1. The fourth-order valence-electron chi connectivity index (χ4n) is 3.55. The lowest BCUT2D eigenvalue weighted by molar-refractivity contribution is -0.118. The van der Waals surface area contributed by atoms with Crippen LogP contribution < -0.4 is 10.6 Å². The second-order valence-corrected chi connectivity index (χ2v) is 8.78. The van der Waals surface area contributed by atoms with Crippen molar-refractivity contribution >= 4 is 40.6 Å². The molecule has 2 amide bonds. The first-order chi connectivity index (χ1) is 14.0. The Kier molecular flexibility index (Phi) is 5.68. The average Bonchev–Trinajstić information content (AvgIpc) is 3.41. The third-order valence-electron chi connectivity index (χ3n) is 4.84. The van der Waals surface area contributed by atoms with E-state index in [0.29, 0.717) is 17.5 Å². The van der Waals surface area contributed by atoms with Gasteiger partial charge in [-0.1, -0.05) is 36.0 Å². The van der Waals surface area contributed by atoms with Gasteiger partial charge in [0.05, 0.1) is 10.6 Å². The van der Waals surface area contributed by atoms with Crippen molar-refractivity contribution in [1.82, 2.24) is 14.8 Å². The largest absolute Gasteiger partial charge is 0.370 e. The van der Waals surface area contributed by atoms with E-state index in [1.165, 1.54) is 17.3 Å². The number of thiophene rings is 1. The molecule has 1 atom stereocenters. The lowest BCUT2D eigenvalue weighted by Gasteiger charge is -2.22. The Bertz CT molecular complexity index is 1030. The Morgan fingerprint density at radius 3 is 2.83 bits per heavy atom. The highest BCUT2D eigenvalue weighted by Crippen LogP contribution is 2.33. The van der Waals surface area contributed by atoms with Crippen LogP contribution in [-0.4, -0.2) is 38.4 Å². The molecule has 2 aromatic heterocycles. The molecule has 0 radical (unpaired) electrons. The first-order valence-corrected chi connectivity index (χ1v) is 11.2. The number of benzene rings is 1. The van der Waals surface area contributed by atoms with Gasteiger partial charge in [0.2, 0.25) is 11.8 Å². The number of aromatic nitrogens is 3. The SMILES string of the molecule is C[C@H]1Cc2ccccc2N1C(=O)CSc1nnc(-c2cccs2)n1CCC(N)=O. The van der Waals surface area contributed by atoms with E-state index in [-0.39, 0.29) is 30.0 Å². The average molecular weight is 428 g/mol. The van der Waals surface area contributed by atoms with Gasteiger partial charge in [0.1, 0.15) is 0 Å². The number of thioether (sulfide) groups is 1. The second-order valence-electron chi connectivity index (χ2n) is 6.89. The highest BCUT2D eigenvalue weighted by atomic mass is 32.2. The quantitative estimate of drug-likeness (QED) is 0.585. The van der Waals surface area contributed by atoms with Crippen molar-refractivity contribution in [2.75, 3.05) is 10.7 Å². The molecule has 3 aromatic rings. The van der Waals surface area contributed by atoms with Crippen molar-refractivity contribution in [3.05, 3.63) is 47.3 Å². The third kappa shape index (κ3) is 4.06. The molecule has 1 aliphatic rings. The van der Waals surface area contributed by atoms with E-state index in [1.807, 2.05) is 45.2 Å². The number of nitrogens with zero attached hydrogens (tertiary/aromatic N) is 4. The third-order valence-corrected chi connectivity index (χ3v) is 6.66. The number of nitrogens with two attached hydrogens (primary N) is 1. The van der Waals surface area contributed by atoms with E-state index in [1.54, 1.807) is 11.3 Å². The van der Waals surface area contributed by atoms with E-state index in [9.17, 15) is 9.59 Å². The van der Waals surface area contributed by atoms with Crippen molar-refractivity contribution < 1.29 is 9.59 Å². The monoisotopic (exact) mass is 427 g/mol. The van der Waals surface area contributed by atoms with Crippen molar-refractivity contribution in [2.45, 2.75) is 37.5 Å². The molecule has 150 valence electrons. The number of hydrogen-bond acceptors (Lipinski definition) is 6. The predicted octanol–water partition coefficient (Wildman–Crippen LogP) is 2.95. The zero-order valence-electron chi connectivity index (χ0n) is 15.9. The molecule has 0 bridgehead atoms. The summed E-state index contributed by atoms with van der Waals surface area (Å²) in [6.07, 6.45) is 1.05. The maximum atomic E-state index is 13.0. The summed E-state index contributed by atoms with van der Waals surface area (Å²) in [6.45, 7) is 2.45. The van der Waals surface area contributed by atoms with Crippen LogP contribution in [0.4, 0.5) is 5.69 Å². The fraction of sp³-hybridized carbons (Fsp3) is 0.300. The van der Waals surface area contributed by atoms with Gasteiger partial charge in [-0.05, 0) is 36.4 Å². The minimum atomic E-state index is -0.384. The molecule has 2 N–H and O–H groups in total. The summed E-state index contributed by atoms with van der Waals surface area (Å²) in [4.78, 5) is 27.1. The van der Waals surface area contributed by atoms with Gasteiger partial charge in [-0.15, -0.1) is 21.5 Å². The molecule has 0 aliphatic carbocycles. The lowest BCUT2D eigenvalue weighted by atomic mass is 10.1. The predicted molar refractivity (Wildman–Crippen MR) is 115 cm³/mol.